The zero-order valence-corrected chi connectivity index (χ0v) is 11.6. The van der Waals surface area contributed by atoms with E-state index in [0.29, 0.717) is 13.2 Å². The Kier molecular flexibility index (Phi) is 4.42. The number of anilines is 1. The van der Waals surface area contributed by atoms with Crippen molar-refractivity contribution in [2.45, 2.75) is 25.4 Å². The number of nitrogens with one attached hydrogen (secondary N) is 2. The second kappa shape index (κ2) is 6.09. The van der Waals surface area contributed by atoms with Gasteiger partial charge in [0, 0.05) is 13.2 Å². The Hall–Kier alpha value is -2.15. The number of hydrogen-bond donors (Lipinski definition) is 3. The molecule has 1 aliphatic rings. The lowest BCUT2D eigenvalue weighted by molar-refractivity contribution is 0.0232. The van der Waals surface area contributed by atoms with Crippen molar-refractivity contribution in [3.05, 3.63) is 29.6 Å². The van der Waals surface area contributed by atoms with Gasteiger partial charge in [-0.05, 0) is 38.0 Å². The molecule has 0 aliphatic carbocycles. The highest BCUT2D eigenvalue weighted by molar-refractivity contribution is 5.91. The molecule has 1 heterocycles. The summed E-state index contributed by atoms with van der Waals surface area (Å²) in [5.74, 6) is -2.02. The molecule has 7 heteroatoms. The Morgan fingerprint density at radius 3 is 2.81 bits per heavy atom. The lowest BCUT2D eigenvalue weighted by Crippen LogP contribution is -2.42. The average molecular weight is 296 g/mol. The summed E-state index contributed by atoms with van der Waals surface area (Å²) >= 11 is 0. The highest BCUT2D eigenvalue weighted by Gasteiger charge is 2.30. The largest absolute Gasteiger partial charge is 0.478 e. The van der Waals surface area contributed by atoms with E-state index in [4.69, 9.17) is 9.84 Å². The van der Waals surface area contributed by atoms with Gasteiger partial charge in [-0.1, -0.05) is 0 Å². The van der Waals surface area contributed by atoms with Crippen LogP contribution in [0.2, 0.25) is 0 Å². The van der Waals surface area contributed by atoms with Crippen molar-refractivity contribution in [1.82, 2.24) is 5.32 Å². The van der Waals surface area contributed by atoms with Crippen LogP contribution in [-0.2, 0) is 4.74 Å². The number of amides is 2. The third kappa shape index (κ3) is 3.91. The van der Waals surface area contributed by atoms with E-state index in [1.165, 1.54) is 12.1 Å². The Morgan fingerprint density at radius 2 is 2.24 bits per heavy atom. The van der Waals surface area contributed by atoms with E-state index in [9.17, 15) is 14.0 Å². The lowest BCUT2D eigenvalue weighted by atomic mass is 10.0. The second-order valence-electron chi connectivity index (χ2n) is 5.21. The Balaban J connectivity index is 1.92. The van der Waals surface area contributed by atoms with Crippen molar-refractivity contribution in [3.8, 4) is 0 Å². The maximum Gasteiger partial charge on any atom is 0.335 e. The van der Waals surface area contributed by atoms with E-state index >= 15 is 0 Å². The highest BCUT2D eigenvalue weighted by Crippen LogP contribution is 2.24. The first kappa shape index (κ1) is 15.2. The van der Waals surface area contributed by atoms with Gasteiger partial charge in [0.2, 0.25) is 0 Å². The fourth-order valence-electron chi connectivity index (χ4n) is 2.16. The number of carbonyl (C=O) groups is 2. The minimum Gasteiger partial charge on any atom is -0.478 e. The van der Waals surface area contributed by atoms with Crippen LogP contribution in [0.3, 0.4) is 0 Å². The summed E-state index contributed by atoms with van der Waals surface area (Å²) in [7, 11) is 0. The molecule has 2 amide bonds. The van der Waals surface area contributed by atoms with Gasteiger partial charge in [-0.3, -0.25) is 0 Å². The van der Waals surface area contributed by atoms with Gasteiger partial charge in [-0.2, -0.15) is 0 Å². The van der Waals surface area contributed by atoms with Crippen molar-refractivity contribution in [2.75, 3.05) is 18.5 Å². The van der Waals surface area contributed by atoms with Gasteiger partial charge in [0.15, 0.2) is 0 Å². The maximum atomic E-state index is 13.7. The van der Waals surface area contributed by atoms with Crippen LogP contribution in [0.25, 0.3) is 0 Å². The number of carbonyl (C=O) groups excluding carboxylic acids is 1. The minimum absolute atomic E-state index is 0.0741. The number of halogens is 1. The first-order valence-corrected chi connectivity index (χ1v) is 6.61. The summed E-state index contributed by atoms with van der Waals surface area (Å²) in [6, 6.07) is 2.74. The van der Waals surface area contributed by atoms with Crippen LogP contribution >= 0.6 is 0 Å². The fraction of sp³-hybridized carbons (Fsp3) is 0.429. The fourth-order valence-corrected chi connectivity index (χ4v) is 2.16. The molecule has 21 heavy (non-hydrogen) atoms. The van der Waals surface area contributed by atoms with Crippen LogP contribution < -0.4 is 10.6 Å². The summed E-state index contributed by atoms with van der Waals surface area (Å²) in [5, 5.41) is 13.7. The number of urea groups is 1. The summed E-state index contributed by atoms with van der Waals surface area (Å²) in [6.07, 6.45) is 1.81. The van der Waals surface area contributed by atoms with Crippen LogP contribution in [-0.4, -0.2) is 35.9 Å². The molecule has 2 rings (SSSR count). The predicted molar refractivity (Wildman–Crippen MR) is 74.0 cm³/mol. The Labute approximate surface area is 121 Å². The SMILES string of the molecule is CC1(CNC(=O)Nc2ccc(C(=O)O)cc2F)CCCO1. The number of carboxylic acids is 1. The monoisotopic (exact) mass is 296 g/mol. The predicted octanol–water partition coefficient (Wildman–Crippen LogP) is 2.21. The van der Waals surface area contributed by atoms with Gasteiger partial charge in [-0.15, -0.1) is 0 Å². The topological polar surface area (TPSA) is 87.7 Å². The first-order valence-electron chi connectivity index (χ1n) is 6.61. The molecule has 0 aromatic heterocycles. The molecule has 0 spiro atoms. The van der Waals surface area contributed by atoms with Gasteiger partial charge in [0.1, 0.15) is 5.82 Å². The molecule has 6 nitrogen and oxygen atoms in total. The molecular weight excluding hydrogens is 279 g/mol. The highest BCUT2D eigenvalue weighted by atomic mass is 19.1. The third-order valence-corrected chi connectivity index (χ3v) is 3.39. The standard InChI is InChI=1S/C14H17FN2O4/c1-14(5-2-6-21-14)8-16-13(20)17-11-4-3-9(12(18)19)7-10(11)15/h3-4,7H,2,5-6,8H2,1H3,(H,18,19)(H2,16,17,20). The summed E-state index contributed by atoms with van der Waals surface area (Å²) in [4.78, 5) is 22.4. The Morgan fingerprint density at radius 1 is 1.48 bits per heavy atom. The number of hydrogen-bond acceptors (Lipinski definition) is 3. The molecule has 1 aromatic rings. The van der Waals surface area contributed by atoms with Crippen LogP contribution in [0.5, 0.6) is 0 Å². The number of rotatable bonds is 4. The van der Waals surface area contributed by atoms with Crippen LogP contribution in [0.4, 0.5) is 14.9 Å². The molecular formula is C14H17FN2O4. The maximum absolute atomic E-state index is 13.7. The molecule has 1 saturated heterocycles. The van der Waals surface area contributed by atoms with E-state index in [-0.39, 0.29) is 16.9 Å². The minimum atomic E-state index is -1.23. The van der Waals surface area contributed by atoms with E-state index in [1.54, 1.807) is 0 Å². The van der Waals surface area contributed by atoms with E-state index in [0.717, 1.165) is 18.9 Å². The summed E-state index contributed by atoms with van der Waals surface area (Å²) in [6.45, 7) is 2.90. The lowest BCUT2D eigenvalue weighted by Gasteiger charge is -2.23. The molecule has 1 atom stereocenters. The number of carboxylic acid groups (broad SMARTS) is 1. The normalized spacial score (nSPS) is 21.0. The van der Waals surface area contributed by atoms with Crippen molar-refractivity contribution in [2.24, 2.45) is 0 Å². The zero-order chi connectivity index (χ0) is 15.5. The van der Waals surface area contributed by atoms with Crippen LogP contribution in [0.15, 0.2) is 18.2 Å². The molecule has 3 N–H and O–H groups in total. The molecule has 0 saturated carbocycles. The number of ether oxygens (including phenoxy) is 1. The van der Waals surface area contributed by atoms with Gasteiger partial charge in [-0.25, -0.2) is 14.0 Å². The first-order chi connectivity index (χ1) is 9.89. The van der Waals surface area contributed by atoms with Gasteiger partial charge in [0.25, 0.3) is 0 Å². The van der Waals surface area contributed by atoms with E-state index < -0.39 is 17.8 Å². The third-order valence-electron chi connectivity index (χ3n) is 3.39. The molecule has 1 fully saturated rings. The van der Waals surface area contributed by atoms with Crippen molar-refractivity contribution in [3.63, 3.8) is 0 Å². The molecule has 1 unspecified atom stereocenters. The summed E-state index contributed by atoms with van der Waals surface area (Å²) < 4.78 is 19.2. The van der Waals surface area contributed by atoms with Crippen molar-refractivity contribution < 1.29 is 23.8 Å². The smallest absolute Gasteiger partial charge is 0.335 e. The molecule has 114 valence electrons. The molecule has 1 aromatic carbocycles. The van der Waals surface area contributed by atoms with Crippen LogP contribution in [0, 0.1) is 5.82 Å². The summed E-state index contributed by atoms with van der Waals surface area (Å²) in [5.41, 5.74) is -0.636. The van der Waals surface area contributed by atoms with Gasteiger partial charge < -0.3 is 20.5 Å². The number of benzene rings is 1. The van der Waals surface area contributed by atoms with Gasteiger partial charge in [0.05, 0.1) is 16.9 Å². The molecule has 0 radical (unpaired) electrons. The average Bonchev–Trinajstić information content (AvgIpc) is 2.86. The quantitative estimate of drug-likeness (QED) is 0.795. The van der Waals surface area contributed by atoms with E-state index in [1.807, 2.05) is 6.92 Å². The molecule has 1 aliphatic heterocycles. The molecule has 0 bridgehead atoms. The van der Waals surface area contributed by atoms with E-state index in [2.05, 4.69) is 10.6 Å². The van der Waals surface area contributed by atoms with Gasteiger partial charge >= 0.3 is 12.0 Å². The Bertz CT molecular complexity index is 556. The van der Waals surface area contributed by atoms with Crippen molar-refractivity contribution in [1.29, 1.82) is 0 Å². The zero-order valence-electron chi connectivity index (χ0n) is 11.6. The number of aromatic carboxylic acids is 1. The van der Waals surface area contributed by atoms with Crippen molar-refractivity contribution >= 4 is 17.7 Å². The van der Waals surface area contributed by atoms with Crippen LogP contribution in [0.1, 0.15) is 30.1 Å². The second-order valence-corrected chi connectivity index (χ2v) is 5.21.